The molecule has 0 bridgehead atoms. The molecule has 0 aliphatic heterocycles. The molecule has 2 N–H and O–H groups in total. The predicted octanol–water partition coefficient (Wildman–Crippen LogP) is 1.76. The lowest BCUT2D eigenvalue weighted by atomic mass is 10.6. The van der Waals surface area contributed by atoms with E-state index in [2.05, 4.69) is 36.9 Å². The predicted molar refractivity (Wildman–Crippen MR) is 88.8 cm³/mol. The van der Waals surface area contributed by atoms with Crippen molar-refractivity contribution in [2.24, 2.45) is 0 Å². The van der Waals surface area contributed by atoms with Gasteiger partial charge in [0.15, 0.2) is 6.37 Å². The quantitative estimate of drug-likeness (QED) is 0.366. The molecule has 4 nitrogen and oxygen atoms in total. The van der Waals surface area contributed by atoms with Gasteiger partial charge in [-0.3, -0.25) is 9.59 Å². The van der Waals surface area contributed by atoms with E-state index in [1.807, 2.05) is 22.4 Å². The van der Waals surface area contributed by atoms with Crippen LogP contribution in [0, 0.1) is 0 Å². The van der Waals surface area contributed by atoms with Crippen LogP contribution in [0.4, 0.5) is 0 Å². The second-order valence-electron chi connectivity index (χ2n) is 4.09. The molecule has 0 rings (SSSR count). The van der Waals surface area contributed by atoms with Crippen LogP contribution in [0.1, 0.15) is 0 Å². The van der Waals surface area contributed by atoms with Crippen LogP contribution in [-0.2, 0) is 9.59 Å². The van der Waals surface area contributed by atoms with E-state index in [0.717, 1.165) is 11.5 Å². The van der Waals surface area contributed by atoms with E-state index in [0.29, 0.717) is 13.1 Å². The molecule has 0 aromatic heterocycles. The first kappa shape index (κ1) is 18.3. The summed E-state index contributed by atoms with van der Waals surface area (Å²) in [6.45, 7) is 12.7. The SMILES string of the molecule is C=CC(=O)NCCS[Si](C)(C)SCCNC(=O)C=C. The van der Waals surface area contributed by atoms with Crippen molar-refractivity contribution in [3.05, 3.63) is 25.3 Å². The molecule has 0 saturated heterocycles. The maximum absolute atomic E-state index is 11.0. The van der Waals surface area contributed by atoms with Crippen LogP contribution in [0.2, 0.25) is 13.1 Å². The largest absolute Gasteiger partial charge is 0.352 e. The van der Waals surface area contributed by atoms with E-state index in [-0.39, 0.29) is 11.8 Å². The van der Waals surface area contributed by atoms with Gasteiger partial charge in [0.1, 0.15) is 0 Å². The molecule has 0 atom stereocenters. The summed E-state index contributed by atoms with van der Waals surface area (Å²) >= 11 is 3.83. The molecule has 0 aliphatic carbocycles. The first-order chi connectivity index (χ1) is 8.91. The summed E-state index contributed by atoms with van der Waals surface area (Å²) in [5, 5.41) is 5.52. The van der Waals surface area contributed by atoms with Gasteiger partial charge in [-0.25, -0.2) is 0 Å². The molecular weight excluding hydrogens is 296 g/mol. The third-order valence-electron chi connectivity index (χ3n) is 2.07. The second kappa shape index (κ2) is 10.2. The summed E-state index contributed by atoms with van der Waals surface area (Å²) in [6, 6.07) is 0. The Bertz CT molecular complexity index is 306. The molecule has 0 aromatic rings. The third-order valence-corrected chi connectivity index (χ3v) is 11.8. The standard InChI is InChI=1S/C12H22N2O2S2Si/c1-5-11(15)13-7-9-17-19(3,4)18-10-8-14-12(16)6-2/h5-6H,1-2,7-10H2,3-4H3,(H,13,15)(H,14,16). The Kier molecular flexibility index (Phi) is 9.81. The maximum atomic E-state index is 11.0. The zero-order chi connectivity index (χ0) is 14.7. The number of nitrogens with one attached hydrogen (secondary N) is 2. The second-order valence-corrected chi connectivity index (χ2v) is 16.9. The molecule has 0 saturated carbocycles. The number of hydrogen-bond acceptors (Lipinski definition) is 4. The Morgan fingerprint density at radius 1 is 1.00 bits per heavy atom. The molecule has 2 amide bonds. The van der Waals surface area contributed by atoms with Crippen LogP contribution in [0.15, 0.2) is 25.3 Å². The summed E-state index contributed by atoms with van der Waals surface area (Å²) in [5.74, 6) is 1.56. The van der Waals surface area contributed by atoms with Gasteiger partial charge in [-0.1, -0.05) is 26.3 Å². The molecular formula is C12H22N2O2S2Si. The van der Waals surface area contributed by atoms with Crippen LogP contribution in [0.5, 0.6) is 0 Å². The Morgan fingerprint density at radius 2 is 1.37 bits per heavy atom. The number of carbonyl (C=O) groups excluding carboxylic acids is 2. The minimum atomic E-state index is -1.39. The highest BCUT2D eigenvalue weighted by atomic mass is 32.6. The first-order valence-electron chi connectivity index (χ1n) is 5.99. The maximum Gasteiger partial charge on any atom is 0.243 e. The van der Waals surface area contributed by atoms with Gasteiger partial charge in [0.05, 0.1) is 0 Å². The summed E-state index contributed by atoms with van der Waals surface area (Å²) < 4.78 is 0. The highest BCUT2D eigenvalue weighted by Gasteiger charge is 2.21. The number of amides is 2. The molecule has 19 heavy (non-hydrogen) atoms. The normalized spacial score (nSPS) is 10.6. The molecule has 0 unspecified atom stereocenters. The molecule has 7 heteroatoms. The van der Waals surface area contributed by atoms with Crippen molar-refractivity contribution in [3.63, 3.8) is 0 Å². The van der Waals surface area contributed by atoms with Gasteiger partial charge in [0.25, 0.3) is 0 Å². The Labute approximate surface area is 124 Å². The van der Waals surface area contributed by atoms with E-state index in [1.165, 1.54) is 12.2 Å². The van der Waals surface area contributed by atoms with Crippen molar-refractivity contribution in [3.8, 4) is 0 Å². The van der Waals surface area contributed by atoms with Gasteiger partial charge in [-0.15, -0.1) is 0 Å². The fourth-order valence-electron chi connectivity index (χ4n) is 1.13. The highest BCUT2D eigenvalue weighted by Crippen LogP contribution is 2.31. The lowest BCUT2D eigenvalue weighted by Crippen LogP contribution is -2.28. The molecule has 0 heterocycles. The lowest BCUT2D eigenvalue weighted by Gasteiger charge is -2.21. The molecule has 0 radical (unpaired) electrons. The first-order valence-corrected chi connectivity index (χ1v) is 12.4. The lowest BCUT2D eigenvalue weighted by molar-refractivity contribution is -0.117. The van der Waals surface area contributed by atoms with Gasteiger partial charge in [-0.2, -0.15) is 22.4 Å². The zero-order valence-electron chi connectivity index (χ0n) is 11.5. The summed E-state index contributed by atoms with van der Waals surface area (Å²) in [4.78, 5) is 21.9. The van der Waals surface area contributed by atoms with Crippen LogP contribution in [0.25, 0.3) is 0 Å². The highest BCUT2D eigenvalue weighted by molar-refractivity contribution is 8.58. The smallest absolute Gasteiger partial charge is 0.243 e. The minimum absolute atomic E-state index is 0.125. The molecule has 0 spiro atoms. The topological polar surface area (TPSA) is 58.2 Å². The summed E-state index contributed by atoms with van der Waals surface area (Å²) in [6.07, 6.45) is 1.18. The molecule has 108 valence electrons. The van der Waals surface area contributed by atoms with Gasteiger partial charge in [-0.05, 0) is 12.2 Å². The third kappa shape index (κ3) is 10.9. The summed E-state index contributed by atoms with van der Waals surface area (Å²) in [7, 11) is 0. The van der Waals surface area contributed by atoms with E-state index >= 15 is 0 Å². The van der Waals surface area contributed by atoms with Crippen LogP contribution in [0.3, 0.4) is 0 Å². The van der Waals surface area contributed by atoms with Gasteiger partial charge < -0.3 is 10.6 Å². The fourth-order valence-corrected chi connectivity index (χ4v) is 8.66. The number of carbonyl (C=O) groups is 2. The van der Waals surface area contributed by atoms with Crippen molar-refractivity contribution in [1.29, 1.82) is 0 Å². The van der Waals surface area contributed by atoms with E-state index < -0.39 is 6.37 Å². The van der Waals surface area contributed by atoms with E-state index in [1.54, 1.807) is 0 Å². The van der Waals surface area contributed by atoms with Crippen LogP contribution in [-0.4, -0.2) is 42.8 Å². The Hall–Kier alpha value is -0.663. The number of hydrogen-bond donors (Lipinski definition) is 2. The van der Waals surface area contributed by atoms with Crippen molar-refractivity contribution < 1.29 is 9.59 Å². The van der Waals surface area contributed by atoms with Gasteiger partial charge in [0, 0.05) is 24.6 Å². The fraction of sp³-hybridized carbons (Fsp3) is 0.500. The monoisotopic (exact) mass is 318 g/mol. The van der Waals surface area contributed by atoms with Crippen LogP contribution >= 0.6 is 22.4 Å². The van der Waals surface area contributed by atoms with Gasteiger partial charge in [0.2, 0.25) is 11.8 Å². The zero-order valence-corrected chi connectivity index (χ0v) is 14.2. The van der Waals surface area contributed by atoms with Crippen LogP contribution < -0.4 is 10.6 Å². The van der Waals surface area contributed by atoms with E-state index in [4.69, 9.17) is 0 Å². The average Bonchev–Trinajstić information content (AvgIpc) is 2.39. The molecule has 0 aliphatic rings. The average molecular weight is 319 g/mol. The Morgan fingerprint density at radius 3 is 1.68 bits per heavy atom. The van der Waals surface area contributed by atoms with Crippen molar-refractivity contribution in [1.82, 2.24) is 10.6 Å². The minimum Gasteiger partial charge on any atom is -0.352 e. The van der Waals surface area contributed by atoms with E-state index in [9.17, 15) is 9.59 Å². The van der Waals surface area contributed by atoms with Crippen molar-refractivity contribution in [2.75, 3.05) is 24.6 Å². The summed E-state index contributed by atoms with van der Waals surface area (Å²) in [5.41, 5.74) is 0. The molecule has 0 fully saturated rings. The van der Waals surface area contributed by atoms with Gasteiger partial charge >= 0.3 is 0 Å². The molecule has 0 aromatic carbocycles. The van der Waals surface area contributed by atoms with Crippen molar-refractivity contribution >= 4 is 40.6 Å². The number of rotatable bonds is 10. The van der Waals surface area contributed by atoms with Crippen molar-refractivity contribution in [2.45, 2.75) is 13.1 Å². The Balaban J connectivity index is 3.67.